The summed E-state index contributed by atoms with van der Waals surface area (Å²) in [5, 5.41) is 0. The molecule has 1 unspecified atom stereocenters. The number of nitrogens with zero attached hydrogens (tertiary/aromatic N) is 1. The zero-order valence-corrected chi connectivity index (χ0v) is 9.76. The Bertz CT molecular complexity index is 406. The van der Waals surface area contributed by atoms with Crippen molar-refractivity contribution in [1.29, 1.82) is 0 Å². The van der Waals surface area contributed by atoms with Crippen LogP contribution in [0.25, 0.3) is 0 Å². The van der Waals surface area contributed by atoms with Crippen LogP contribution in [-0.2, 0) is 14.3 Å². The van der Waals surface area contributed by atoms with Gasteiger partial charge in [-0.1, -0.05) is 6.08 Å². The lowest BCUT2D eigenvalue weighted by Crippen LogP contribution is -2.57. The molecule has 1 fully saturated rings. The van der Waals surface area contributed by atoms with Crippen molar-refractivity contribution < 1.29 is 14.3 Å². The molecule has 0 bridgehead atoms. The minimum atomic E-state index is -0.886. The first-order chi connectivity index (χ1) is 8.09. The second-order valence-electron chi connectivity index (χ2n) is 4.25. The Morgan fingerprint density at radius 2 is 2.18 bits per heavy atom. The van der Waals surface area contributed by atoms with Crippen molar-refractivity contribution in [2.75, 3.05) is 13.7 Å². The monoisotopic (exact) mass is 233 g/mol. The fourth-order valence-corrected chi connectivity index (χ4v) is 2.05. The van der Waals surface area contributed by atoms with Crippen LogP contribution in [-0.4, -0.2) is 36.0 Å². The van der Waals surface area contributed by atoms with E-state index >= 15 is 0 Å². The predicted octanol–water partition coefficient (Wildman–Crippen LogP) is 1.06. The van der Waals surface area contributed by atoms with Gasteiger partial charge in [0.1, 0.15) is 0 Å². The molecule has 0 radical (unpaired) electrons. The molecule has 1 spiro atoms. The molecular formula is C13H15NO3. The summed E-state index contributed by atoms with van der Waals surface area (Å²) in [5.41, 5.74) is -0.886. The van der Waals surface area contributed by atoms with E-state index in [9.17, 15) is 9.59 Å². The summed E-state index contributed by atoms with van der Waals surface area (Å²) >= 11 is 0. The van der Waals surface area contributed by atoms with Crippen molar-refractivity contribution in [3.63, 3.8) is 0 Å². The Kier molecular flexibility index (Phi) is 2.98. The Hall–Kier alpha value is -1.68. The van der Waals surface area contributed by atoms with Gasteiger partial charge in [-0.05, 0) is 30.7 Å². The van der Waals surface area contributed by atoms with Gasteiger partial charge in [0.25, 0.3) is 0 Å². The van der Waals surface area contributed by atoms with Crippen LogP contribution < -0.4 is 0 Å². The second-order valence-corrected chi connectivity index (χ2v) is 4.25. The molecule has 1 heterocycles. The van der Waals surface area contributed by atoms with Crippen LogP contribution >= 0.6 is 0 Å². The number of ether oxygens (including phenoxy) is 1. The zero-order chi connectivity index (χ0) is 12.5. The maximum Gasteiger partial charge on any atom is 0.230 e. The predicted molar refractivity (Wildman–Crippen MR) is 63.0 cm³/mol. The number of hydrogen-bond donors (Lipinski definition) is 0. The molecule has 0 saturated carbocycles. The van der Waals surface area contributed by atoms with Gasteiger partial charge in [-0.3, -0.25) is 9.59 Å². The molecule has 1 saturated heterocycles. The summed E-state index contributed by atoms with van der Waals surface area (Å²) in [6, 6.07) is 0. The SMILES string of the molecule is C=CCC1COC2(C=CC(=O)C=C2)N(C)C1=O. The number of carbonyl (C=O) groups is 2. The molecule has 0 N–H and O–H groups in total. The van der Waals surface area contributed by atoms with E-state index < -0.39 is 5.72 Å². The highest BCUT2D eigenvalue weighted by molar-refractivity contribution is 6.00. The Morgan fingerprint density at radius 1 is 1.53 bits per heavy atom. The Labute approximate surface area is 100 Å². The molecule has 0 aromatic carbocycles. The van der Waals surface area contributed by atoms with E-state index in [2.05, 4.69) is 6.58 Å². The highest BCUT2D eigenvalue weighted by Crippen LogP contribution is 2.30. The number of hydrogen-bond acceptors (Lipinski definition) is 3. The lowest BCUT2D eigenvalue weighted by molar-refractivity contribution is -0.175. The van der Waals surface area contributed by atoms with Crippen LogP contribution in [0.2, 0.25) is 0 Å². The molecule has 1 amide bonds. The minimum absolute atomic E-state index is 0.0137. The molecule has 90 valence electrons. The Morgan fingerprint density at radius 3 is 2.76 bits per heavy atom. The molecule has 2 aliphatic rings. The van der Waals surface area contributed by atoms with Gasteiger partial charge in [0.15, 0.2) is 11.5 Å². The summed E-state index contributed by atoms with van der Waals surface area (Å²) in [5.74, 6) is -0.254. The smallest absolute Gasteiger partial charge is 0.230 e. The summed E-state index contributed by atoms with van der Waals surface area (Å²) in [6.07, 6.45) is 8.42. The van der Waals surface area contributed by atoms with Crippen LogP contribution in [0, 0.1) is 5.92 Å². The lowest BCUT2D eigenvalue weighted by atomic mass is 9.96. The molecule has 0 aromatic rings. The average Bonchev–Trinajstić information content (AvgIpc) is 2.34. The van der Waals surface area contributed by atoms with E-state index in [1.54, 1.807) is 25.3 Å². The van der Waals surface area contributed by atoms with E-state index in [-0.39, 0.29) is 17.6 Å². The average molecular weight is 233 g/mol. The van der Waals surface area contributed by atoms with Crippen molar-refractivity contribution in [2.24, 2.45) is 5.92 Å². The van der Waals surface area contributed by atoms with Crippen LogP contribution in [0.5, 0.6) is 0 Å². The fourth-order valence-electron chi connectivity index (χ4n) is 2.05. The van der Waals surface area contributed by atoms with E-state index in [0.29, 0.717) is 13.0 Å². The van der Waals surface area contributed by atoms with Gasteiger partial charge < -0.3 is 9.64 Å². The van der Waals surface area contributed by atoms with Crippen LogP contribution in [0.4, 0.5) is 0 Å². The quantitative estimate of drug-likeness (QED) is 0.670. The third-order valence-electron chi connectivity index (χ3n) is 3.14. The molecular weight excluding hydrogens is 218 g/mol. The first-order valence-electron chi connectivity index (χ1n) is 5.54. The van der Waals surface area contributed by atoms with Crippen LogP contribution in [0.15, 0.2) is 37.0 Å². The fraction of sp³-hybridized carbons (Fsp3) is 0.385. The molecule has 2 rings (SSSR count). The highest BCUT2D eigenvalue weighted by Gasteiger charge is 2.42. The second kappa shape index (κ2) is 4.30. The molecule has 0 aromatic heterocycles. The normalized spacial score (nSPS) is 26.6. The molecule has 1 atom stereocenters. The van der Waals surface area contributed by atoms with E-state index in [4.69, 9.17) is 4.74 Å². The van der Waals surface area contributed by atoms with E-state index in [1.165, 1.54) is 17.1 Å². The molecule has 1 aliphatic heterocycles. The molecule has 4 nitrogen and oxygen atoms in total. The Balaban J connectivity index is 2.22. The zero-order valence-electron chi connectivity index (χ0n) is 9.76. The summed E-state index contributed by atoms with van der Waals surface area (Å²) in [7, 11) is 1.68. The van der Waals surface area contributed by atoms with Gasteiger partial charge in [0.2, 0.25) is 5.91 Å². The summed E-state index contributed by atoms with van der Waals surface area (Å²) in [4.78, 5) is 24.7. The number of allylic oxidation sites excluding steroid dienone is 3. The highest BCUT2D eigenvalue weighted by atomic mass is 16.5. The van der Waals surface area contributed by atoms with Gasteiger partial charge in [-0.25, -0.2) is 0 Å². The minimum Gasteiger partial charge on any atom is -0.347 e. The third kappa shape index (κ3) is 1.96. The van der Waals surface area contributed by atoms with Crippen molar-refractivity contribution >= 4 is 11.7 Å². The number of ketones is 1. The van der Waals surface area contributed by atoms with Gasteiger partial charge >= 0.3 is 0 Å². The van der Waals surface area contributed by atoms with E-state index in [0.717, 1.165) is 0 Å². The maximum absolute atomic E-state index is 12.1. The van der Waals surface area contributed by atoms with Crippen molar-refractivity contribution in [1.82, 2.24) is 4.90 Å². The van der Waals surface area contributed by atoms with Crippen LogP contribution in [0.3, 0.4) is 0 Å². The summed E-state index contributed by atoms with van der Waals surface area (Å²) in [6.45, 7) is 3.97. The maximum atomic E-state index is 12.1. The first-order valence-corrected chi connectivity index (χ1v) is 5.54. The standard InChI is InChI=1S/C13H15NO3/c1-3-4-10-9-17-13(14(2)12(10)16)7-5-11(15)6-8-13/h3,5-8,10H,1,4,9H2,2H3. The topological polar surface area (TPSA) is 46.6 Å². The van der Waals surface area contributed by atoms with Crippen molar-refractivity contribution in [2.45, 2.75) is 12.1 Å². The van der Waals surface area contributed by atoms with Crippen molar-refractivity contribution in [3.8, 4) is 0 Å². The van der Waals surface area contributed by atoms with Crippen LogP contribution in [0.1, 0.15) is 6.42 Å². The third-order valence-corrected chi connectivity index (χ3v) is 3.14. The number of likely N-dealkylation sites (N-methyl/N-ethyl adjacent to an activating group) is 1. The van der Waals surface area contributed by atoms with Crippen molar-refractivity contribution in [3.05, 3.63) is 37.0 Å². The molecule has 17 heavy (non-hydrogen) atoms. The summed E-state index contributed by atoms with van der Waals surface area (Å²) < 4.78 is 5.73. The molecule has 1 aliphatic carbocycles. The van der Waals surface area contributed by atoms with Gasteiger partial charge in [0.05, 0.1) is 12.5 Å². The molecule has 4 heteroatoms. The van der Waals surface area contributed by atoms with E-state index in [1.807, 2.05) is 0 Å². The first kappa shape index (κ1) is 11.8. The largest absolute Gasteiger partial charge is 0.347 e. The van der Waals surface area contributed by atoms with Gasteiger partial charge in [-0.2, -0.15) is 0 Å². The number of amides is 1. The number of carbonyl (C=O) groups excluding carboxylic acids is 2. The number of rotatable bonds is 2. The van der Waals surface area contributed by atoms with Gasteiger partial charge in [0, 0.05) is 7.05 Å². The van der Waals surface area contributed by atoms with Gasteiger partial charge in [-0.15, -0.1) is 6.58 Å². The lowest BCUT2D eigenvalue weighted by Gasteiger charge is -2.44.